The number of rotatable bonds is 3. The first-order valence-electron chi connectivity index (χ1n) is 9.73. The molecule has 2 saturated heterocycles. The van der Waals surface area contributed by atoms with Crippen LogP contribution >= 0.6 is 0 Å². The lowest BCUT2D eigenvalue weighted by Crippen LogP contribution is -2.41. The molecule has 27 heavy (non-hydrogen) atoms. The van der Waals surface area contributed by atoms with Crippen LogP contribution in [0.3, 0.4) is 0 Å². The number of hydrogen-bond acceptors (Lipinski definition) is 4. The second-order valence-electron chi connectivity index (χ2n) is 7.34. The molecule has 2 amide bonds. The van der Waals surface area contributed by atoms with E-state index in [-0.39, 0.29) is 18.2 Å². The molecule has 0 aliphatic carbocycles. The van der Waals surface area contributed by atoms with Crippen LogP contribution in [0.5, 0.6) is 0 Å². The molecule has 7 heteroatoms. The standard InChI is InChI=1S/C20H27N5O2/c1-15-14-24(10-11-27-15)18-7-5-17(6-8-18)23-20(26)25-9-3-2-4-19(25)16-12-21-22-13-16/h5-8,12-13,15,19H,2-4,9-11,14H2,1H3,(H,21,22)(H,23,26)/t15-,19+/m0/s1. The Morgan fingerprint density at radius 3 is 2.85 bits per heavy atom. The summed E-state index contributed by atoms with van der Waals surface area (Å²) in [6.07, 6.45) is 7.09. The summed E-state index contributed by atoms with van der Waals surface area (Å²) in [5.74, 6) is 0. The highest BCUT2D eigenvalue weighted by Gasteiger charge is 2.28. The number of anilines is 2. The van der Waals surface area contributed by atoms with Crippen LogP contribution in [0.1, 0.15) is 37.8 Å². The molecule has 0 bridgehead atoms. The van der Waals surface area contributed by atoms with Crippen LogP contribution < -0.4 is 10.2 Å². The van der Waals surface area contributed by atoms with Crippen molar-refractivity contribution in [3.8, 4) is 0 Å². The Hall–Kier alpha value is -2.54. The molecule has 1 aromatic carbocycles. The van der Waals surface area contributed by atoms with Crippen molar-refractivity contribution in [2.75, 3.05) is 36.5 Å². The van der Waals surface area contributed by atoms with E-state index >= 15 is 0 Å². The zero-order valence-corrected chi connectivity index (χ0v) is 15.7. The number of aromatic amines is 1. The van der Waals surface area contributed by atoms with Crippen molar-refractivity contribution >= 4 is 17.4 Å². The van der Waals surface area contributed by atoms with Crippen LogP contribution in [0.15, 0.2) is 36.7 Å². The molecule has 2 fully saturated rings. The number of H-pyrrole nitrogens is 1. The smallest absolute Gasteiger partial charge is 0.322 e. The third-order valence-corrected chi connectivity index (χ3v) is 5.39. The van der Waals surface area contributed by atoms with E-state index in [0.29, 0.717) is 0 Å². The number of piperidine rings is 1. The summed E-state index contributed by atoms with van der Waals surface area (Å²) in [5.41, 5.74) is 3.06. The topological polar surface area (TPSA) is 73.5 Å². The molecular weight excluding hydrogens is 342 g/mol. The molecule has 0 saturated carbocycles. The number of benzene rings is 1. The van der Waals surface area contributed by atoms with E-state index < -0.39 is 0 Å². The third-order valence-electron chi connectivity index (χ3n) is 5.39. The van der Waals surface area contributed by atoms with Crippen molar-refractivity contribution in [3.63, 3.8) is 0 Å². The molecule has 0 unspecified atom stereocenters. The normalized spacial score (nSPS) is 23.3. The third kappa shape index (κ3) is 4.08. The molecule has 0 radical (unpaired) electrons. The summed E-state index contributed by atoms with van der Waals surface area (Å²) in [6, 6.07) is 8.13. The number of urea groups is 1. The summed E-state index contributed by atoms with van der Waals surface area (Å²) in [4.78, 5) is 17.1. The van der Waals surface area contributed by atoms with E-state index in [4.69, 9.17) is 4.74 Å². The van der Waals surface area contributed by atoms with Crippen LogP contribution in [0.25, 0.3) is 0 Å². The minimum atomic E-state index is -0.0476. The number of hydrogen-bond donors (Lipinski definition) is 2. The molecule has 2 aliphatic heterocycles. The predicted octanol–water partition coefficient (Wildman–Crippen LogP) is 3.39. The zero-order valence-electron chi connectivity index (χ0n) is 15.7. The number of amides is 2. The Balaban J connectivity index is 1.41. The van der Waals surface area contributed by atoms with Crippen LogP contribution in [0, 0.1) is 0 Å². The molecule has 144 valence electrons. The van der Waals surface area contributed by atoms with Crippen molar-refractivity contribution in [1.82, 2.24) is 15.1 Å². The second kappa shape index (κ2) is 8.00. The van der Waals surface area contributed by atoms with Crippen molar-refractivity contribution in [2.24, 2.45) is 0 Å². The number of morpholine rings is 1. The van der Waals surface area contributed by atoms with Crippen LogP contribution in [-0.4, -0.2) is 53.5 Å². The van der Waals surface area contributed by atoms with Crippen LogP contribution in [-0.2, 0) is 4.74 Å². The van der Waals surface area contributed by atoms with Crippen molar-refractivity contribution in [2.45, 2.75) is 38.3 Å². The molecule has 2 atom stereocenters. The molecule has 0 spiro atoms. The SMILES string of the molecule is C[C@H]1CN(c2ccc(NC(=O)N3CCCC[C@@H]3c3cn[nH]c3)cc2)CCO1. The van der Waals surface area contributed by atoms with E-state index in [0.717, 1.165) is 62.4 Å². The Morgan fingerprint density at radius 2 is 2.11 bits per heavy atom. The van der Waals surface area contributed by atoms with E-state index in [9.17, 15) is 4.79 Å². The van der Waals surface area contributed by atoms with Gasteiger partial charge in [-0.1, -0.05) is 0 Å². The zero-order chi connectivity index (χ0) is 18.6. The Labute approximate surface area is 159 Å². The van der Waals surface area contributed by atoms with Crippen molar-refractivity contribution in [1.29, 1.82) is 0 Å². The van der Waals surface area contributed by atoms with Crippen molar-refractivity contribution < 1.29 is 9.53 Å². The highest BCUT2D eigenvalue weighted by atomic mass is 16.5. The van der Waals surface area contributed by atoms with Crippen LogP contribution in [0.4, 0.5) is 16.2 Å². The summed E-state index contributed by atoms with van der Waals surface area (Å²) in [5, 5.41) is 9.95. The molecule has 7 nitrogen and oxygen atoms in total. The predicted molar refractivity (Wildman–Crippen MR) is 105 cm³/mol. The number of likely N-dealkylation sites (tertiary alicyclic amines) is 1. The minimum Gasteiger partial charge on any atom is -0.375 e. The maximum absolute atomic E-state index is 12.9. The number of ether oxygens (including phenoxy) is 1. The summed E-state index contributed by atoms with van der Waals surface area (Å²) >= 11 is 0. The monoisotopic (exact) mass is 369 g/mol. The summed E-state index contributed by atoms with van der Waals surface area (Å²) in [7, 11) is 0. The van der Waals surface area contributed by atoms with Gasteiger partial charge in [-0.2, -0.15) is 5.10 Å². The Bertz CT molecular complexity index is 746. The van der Waals surface area contributed by atoms with Gasteiger partial charge in [-0.25, -0.2) is 4.79 Å². The van der Waals surface area contributed by atoms with Gasteiger partial charge < -0.3 is 19.9 Å². The molecule has 2 N–H and O–H groups in total. The first kappa shape index (κ1) is 17.9. The van der Waals surface area contributed by atoms with E-state index in [1.54, 1.807) is 0 Å². The quantitative estimate of drug-likeness (QED) is 0.870. The maximum Gasteiger partial charge on any atom is 0.322 e. The highest BCUT2D eigenvalue weighted by molar-refractivity contribution is 5.90. The van der Waals surface area contributed by atoms with E-state index in [1.165, 1.54) is 0 Å². The van der Waals surface area contributed by atoms with Crippen molar-refractivity contribution in [3.05, 3.63) is 42.2 Å². The highest BCUT2D eigenvalue weighted by Crippen LogP contribution is 2.31. The van der Waals surface area contributed by atoms with Gasteiger partial charge in [-0.15, -0.1) is 0 Å². The Morgan fingerprint density at radius 1 is 1.26 bits per heavy atom. The lowest BCUT2D eigenvalue weighted by atomic mass is 9.98. The van der Waals surface area contributed by atoms with Crippen LogP contribution in [0.2, 0.25) is 0 Å². The fourth-order valence-corrected chi connectivity index (χ4v) is 3.97. The average Bonchev–Trinajstić information content (AvgIpc) is 3.23. The van der Waals surface area contributed by atoms with E-state index in [2.05, 4.69) is 39.5 Å². The summed E-state index contributed by atoms with van der Waals surface area (Å²) < 4.78 is 5.60. The lowest BCUT2D eigenvalue weighted by Gasteiger charge is -2.35. The van der Waals surface area contributed by atoms with Gasteiger partial charge in [0.1, 0.15) is 0 Å². The van der Waals surface area contributed by atoms with Gasteiger partial charge in [0.05, 0.1) is 24.9 Å². The minimum absolute atomic E-state index is 0.0476. The number of carbonyl (C=O) groups excluding carboxylic acids is 1. The maximum atomic E-state index is 12.9. The number of nitrogens with one attached hydrogen (secondary N) is 2. The first-order valence-corrected chi connectivity index (χ1v) is 9.73. The molecule has 2 aromatic rings. The number of aromatic nitrogens is 2. The van der Waals surface area contributed by atoms with Gasteiger partial charge >= 0.3 is 6.03 Å². The molecular formula is C20H27N5O2. The molecule has 1 aromatic heterocycles. The van der Waals surface area contributed by atoms with Gasteiger partial charge in [0.15, 0.2) is 0 Å². The molecule has 2 aliphatic rings. The lowest BCUT2D eigenvalue weighted by molar-refractivity contribution is 0.0532. The fourth-order valence-electron chi connectivity index (χ4n) is 3.97. The molecule has 4 rings (SSSR count). The average molecular weight is 369 g/mol. The number of carbonyl (C=O) groups is 1. The molecule has 3 heterocycles. The summed E-state index contributed by atoms with van der Waals surface area (Å²) in [6.45, 7) is 5.41. The first-order chi connectivity index (χ1) is 13.2. The Kier molecular flexibility index (Phi) is 5.29. The fraction of sp³-hybridized carbons (Fsp3) is 0.500. The number of nitrogens with zero attached hydrogens (tertiary/aromatic N) is 3. The largest absolute Gasteiger partial charge is 0.375 e. The van der Waals surface area contributed by atoms with Gasteiger partial charge in [0, 0.05) is 42.8 Å². The van der Waals surface area contributed by atoms with Gasteiger partial charge in [-0.05, 0) is 50.5 Å². The van der Waals surface area contributed by atoms with E-state index in [1.807, 2.05) is 29.4 Å². The van der Waals surface area contributed by atoms with Gasteiger partial charge in [-0.3, -0.25) is 5.10 Å². The van der Waals surface area contributed by atoms with Gasteiger partial charge in [0.25, 0.3) is 0 Å². The van der Waals surface area contributed by atoms with Gasteiger partial charge in [0.2, 0.25) is 0 Å². The second-order valence-corrected chi connectivity index (χ2v) is 7.34.